The van der Waals surface area contributed by atoms with Crippen LogP contribution in [0.3, 0.4) is 0 Å². The molecule has 0 amide bonds. The van der Waals surface area contributed by atoms with E-state index in [2.05, 4.69) is 17.1 Å². The van der Waals surface area contributed by atoms with Crippen LogP contribution in [-0.4, -0.2) is 12.1 Å². The molecule has 0 atom stereocenters. The Labute approximate surface area is 115 Å². The quantitative estimate of drug-likeness (QED) is 0.731. The molecule has 2 nitrogen and oxygen atoms in total. The molecule has 2 aromatic rings. The Hall–Kier alpha value is -1.02. The molecule has 0 bridgehead atoms. The van der Waals surface area contributed by atoms with Crippen molar-refractivity contribution in [2.24, 2.45) is 0 Å². The van der Waals surface area contributed by atoms with E-state index in [0.29, 0.717) is 6.61 Å². The third-order valence-electron chi connectivity index (χ3n) is 2.30. The fourth-order valence-electron chi connectivity index (χ4n) is 1.59. The van der Waals surface area contributed by atoms with Crippen LogP contribution >= 0.6 is 0 Å². The summed E-state index contributed by atoms with van der Waals surface area (Å²) in [5.41, 5.74) is 3.18. The van der Waals surface area contributed by atoms with Crippen LogP contribution < -0.4 is 0 Å². The Balaban J connectivity index is 0.00000144. The number of ether oxygens (including phenoxy) is 1. The molecule has 0 N–H and O–H groups in total. The van der Waals surface area contributed by atoms with Crippen LogP contribution in [0.2, 0.25) is 0 Å². The number of pyridine rings is 1. The van der Waals surface area contributed by atoms with Gasteiger partial charge in [-0.15, -0.1) is 0 Å². The van der Waals surface area contributed by atoms with Gasteiger partial charge < -0.3 is 4.74 Å². The summed E-state index contributed by atoms with van der Waals surface area (Å²) in [7, 11) is 1.68. The molecule has 0 saturated heterocycles. The minimum Gasteiger partial charge on any atom is -0.378 e. The summed E-state index contributed by atoms with van der Waals surface area (Å²) in [6.45, 7) is 0.562. The first kappa shape index (κ1) is 14.0. The standard InChI is InChI=1S/C14H14NO.Ir/c1-16-11-14-9-5-8-13(15-14)10-12-6-3-2-4-7-12;/h2-6,8-9H,10-11H2,1H3;/q-1;. The second-order valence-corrected chi connectivity index (χ2v) is 3.62. The van der Waals surface area contributed by atoms with Crippen LogP contribution in [0, 0.1) is 6.07 Å². The summed E-state index contributed by atoms with van der Waals surface area (Å²) < 4.78 is 5.06. The molecule has 0 aliphatic rings. The Kier molecular flexibility index (Phi) is 6.06. The molecule has 0 saturated carbocycles. The second kappa shape index (κ2) is 7.33. The number of rotatable bonds is 4. The van der Waals surface area contributed by atoms with Crippen molar-refractivity contribution < 1.29 is 24.8 Å². The predicted octanol–water partition coefficient (Wildman–Crippen LogP) is 2.62. The van der Waals surface area contributed by atoms with E-state index in [9.17, 15) is 0 Å². The molecule has 0 fully saturated rings. The van der Waals surface area contributed by atoms with Crippen LogP contribution in [0.5, 0.6) is 0 Å². The molecule has 91 valence electrons. The van der Waals surface area contributed by atoms with Crippen molar-refractivity contribution in [2.45, 2.75) is 13.0 Å². The summed E-state index contributed by atoms with van der Waals surface area (Å²) in [4.78, 5) is 4.51. The zero-order valence-electron chi connectivity index (χ0n) is 9.64. The average molecular weight is 404 g/mol. The predicted molar refractivity (Wildman–Crippen MR) is 63.0 cm³/mol. The molecular formula is C14H14IrNO-. The van der Waals surface area contributed by atoms with Crippen molar-refractivity contribution >= 4 is 0 Å². The SMILES string of the molecule is COCc1cccc(Cc2[c-]cccc2)n1.[Ir]. The summed E-state index contributed by atoms with van der Waals surface area (Å²) in [5, 5.41) is 0. The fourth-order valence-corrected chi connectivity index (χ4v) is 1.59. The van der Waals surface area contributed by atoms with Crippen LogP contribution in [-0.2, 0) is 37.9 Å². The first-order valence-corrected chi connectivity index (χ1v) is 5.28. The molecule has 1 radical (unpaired) electrons. The van der Waals surface area contributed by atoms with Gasteiger partial charge in [-0.1, -0.05) is 6.07 Å². The normalized spacial score (nSPS) is 9.71. The number of methoxy groups -OCH3 is 1. The van der Waals surface area contributed by atoms with Gasteiger partial charge in [-0.25, -0.2) is 0 Å². The van der Waals surface area contributed by atoms with Crippen LogP contribution in [0.4, 0.5) is 0 Å². The molecule has 0 aliphatic heterocycles. The maximum absolute atomic E-state index is 5.06. The van der Waals surface area contributed by atoms with Crippen molar-refractivity contribution in [1.29, 1.82) is 0 Å². The van der Waals surface area contributed by atoms with Gasteiger partial charge in [0.15, 0.2) is 0 Å². The minimum atomic E-state index is 0. The van der Waals surface area contributed by atoms with E-state index in [-0.39, 0.29) is 20.1 Å². The maximum Gasteiger partial charge on any atom is 0.0884 e. The molecule has 0 spiro atoms. The Morgan fingerprint density at radius 1 is 1.12 bits per heavy atom. The zero-order valence-corrected chi connectivity index (χ0v) is 12.0. The number of aromatic nitrogens is 1. The maximum atomic E-state index is 5.06. The number of hydrogen-bond acceptors (Lipinski definition) is 2. The van der Waals surface area contributed by atoms with Gasteiger partial charge in [-0.05, 0) is 18.6 Å². The molecule has 1 heterocycles. The number of hydrogen-bond donors (Lipinski definition) is 0. The Morgan fingerprint density at radius 3 is 2.65 bits per heavy atom. The summed E-state index contributed by atoms with van der Waals surface area (Å²) in [6.07, 6.45) is 0.818. The van der Waals surface area contributed by atoms with Gasteiger partial charge in [-0.2, -0.15) is 35.9 Å². The largest absolute Gasteiger partial charge is 0.378 e. The van der Waals surface area contributed by atoms with E-state index in [0.717, 1.165) is 23.4 Å². The smallest absolute Gasteiger partial charge is 0.0884 e. The van der Waals surface area contributed by atoms with Gasteiger partial charge in [0, 0.05) is 32.9 Å². The molecule has 3 heteroatoms. The summed E-state index contributed by atoms with van der Waals surface area (Å²) >= 11 is 0. The molecule has 0 unspecified atom stereocenters. The van der Waals surface area contributed by atoms with Crippen LogP contribution in [0.15, 0.2) is 42.5 Å². The van der Waals surface area contributed by atoms with Crippen molar-refractivity contribution in [3.05, 3.63) is 65.5 Å². The minimum absolute atomic E-state index is 0. The molecular weight excluding hydrogens is 390 g/mol. The van der Waals surface area contributed by atoms with Crippen molar-refractivity contribution in [2.75, 3.05) is 7.11 Å². The van der Waals surface area contributed by atoms with E-state index in [1.54, 1.807) is 7.11 Å². The Morgan fingerprint density at radius 2 is 1.94 bits per heavy atom. The molecule has 17 heavy (non-hydrogen) atoms. The first-order chi connectivity index (χ1) is 7.88. The van der Waals surface area contributed by atoms with Crippen LogP contribution in [0.1, 0.15) is 17.0 Å². The van der Waals surface area contributed by atoms with E-state index < -0.39 is 0 Å². The Bertz CT molecular complexity index is 445. The third kappa shape index (κ3) is 4.39. The number of nitrogens with zero attached hydrogens (tertiary/aromatic N) is 1. The van der Waals surface area contributed by atoms with E-state index in [1.165, 1.54) is 0 Å². The molecule has 2 rings (SSSR count). The summed E-state index contributed by atoms with van der Waals surface area (Å²) in [5.74, 6) is 0. The summed E-state index contributed by atoms with van der Waals surface area (Å²) in [6, 6.07) is 17.2. The van der Waals surface area contributed by atoms with E-state index >= 15 is 0 Å². The van der Waals surface area contributed by atoms with Crippen LogP contribution in [0.25, 0.3) is 0 Å². The zero-order chi connectivity index (χ0) is 11.2. The van der Waals surface area contributed by atoms with Gasteiger partial charge in [0.05, 0.1) is 12.3 Å². The number of benzene rings is 1. The van der Waals surface area contributed by atoms with Gasteiger partial charge in [-0.3, -0.25) is 4.98 Å². The molecule has 1 aromatic heterocycles. The van der Waals surface area contributed by atoms with E-state index in [1.807, 2.05) is 36.4 Å². The van der Waals surface area contributed by atoms with Crippen molar-refractivity contribution in [3.8, 4) is 0 Å². The topological polar surface area (TPSA) is 22.1 Å². The molecule has 1 aromatic carbocycles. The average Bonchev–Trinajstić information content (AvgIpc) is 2.31. The monoisotopic (exact) mass is 405 g/mol. The van der Waals surface area contributed by atoms with Gasteiger partial charge in [0.1, 0.15) is 0 Å². The van der Waals surface area contributed by atoms with Crippen molar-refractivity contribution in [1.82, 2.24) is 4.98 Å². The second-order valence-electron chi connectivity index (χ2n) is 3.62. The first-order valence-electron chi connectivity index (χ1n) is 5.28. The molecule has 0 aliphatic carbocycles. The fraction of sp³-hybridized carbons (Fsp3) is 0.214. The van der Waals surface area contributed by atoms with Gasteiger partial charge in [0.2, 0.25) is 0 Å². The van der Waals surface area contributed by atoms with Gasteiger partial charge in [0.25, 0.3) is 0 Å². The van der Waals surface area contributed by atoms with Gasteiger partial charge >= 0.3 is 0 Å². The third-order valence-corrected chi connectivity index (χ3v) is 2.30. The van der Waals surface area contributed by atoms with Crippen molar-refractivity contribution in [3.63, 3.8) is 0 Å². The van der Waals surface area contributed by atoms with E-state index in [4.69, 9.17) is 4.74 Å².